The smallest absolute Gasteiger partial charge is 0.404 e. The summed E-state index contributed by atoms with van der Waals surface area (Å²) in [4.78, 5) is 10.3. The van der Waals surface area contributed by atoms with Gasteiger partial charge in [0.1, 0.15) is 0 Å². The maximum Gasteiger partial charge on any atom is 0.404 e. The molecule has 0 fully saturated rings. The van der Waals surface area contributed by atoms with E-state index in [4.69, 9.17) is 18.9 Å². The van der Waals surface area contributed by atoms with Crippen LogP contribution in [0.5, 0.6) is 0 Å². The fraction of sp³-hybridized carbons (Fsp3) is 0.909. The minimum atomic E-state index is -3.00. The molecule has 0 saturated carbocycles. The van der Waals surface area contributed by atoms with Crippen molar-refractivity contribution in [1.29, 1.82) is 0 Å². The summed E-state index contributed by atoms with van der Waals surface area (Å²) in [5, 5.41) is 10.8. The summed E-state index contributed by atoms with van der Waals surface area (Å²) < 4.78 is 27.6. The molecule has 7 nitrogen and oxygen atoms in total. The lowest BCUT2D eigenvalue weighted by Crippen LogP contribution is -2.34. The molecule has 0 heterocycles. The van der Waals surface area contributed by atoms with Crippen molar-refractivity contribution in [3.63, 3.8) is 0 Å². The Morgan fingerprint density at radius 2 is 1.89 bits per heavy atom. The van der Waals surface area contributed by atoms with Crippen LogP contribution in [0, 0.1) is 0 Å². The fourth-order valence-electron chi connectivity index (χ4n) is 1.43. The average molecular weight is 297 g/mol. The van der Waals surface area contributed by atoms with Crippen molar-refractivity contribution in [2.45, 2.75) is 33.2 Å². The van der Waals surface area contributed by atoms with Gasteiger partial charge in [-0.2, -0.15) is 0 Å². The van der Waals surface area contributed by atoms with E-state index in [1.54, 1.807) is 20.8 Å². The Kier molecular flexibility index (Phi) is 9.87. The maximum absolute atomic E-state index is 12.1. The van der Waals surface area contributed by atoms with E-state index < -0.39 is 13.7 Å². The minimum Gasteiger partial charge on any atom is -0.465 e. The summed E-state index contributed by atoms with van der Waals surface area (Å²) in [7, 11) is -3.00. The molecule has 0 saturated heterocycles. The van der Waals surface area contributed by atoms with Gasteiger partial charge in [0.05, 0.1) is 32.0 Å². The molecule has 1 atom stereocenters. The molecule has 0 radical (unpaired) electrons. The van der Waals surface area contributed by atoms with Gasteiger partial charge >= 0.3 is 13.7 Å². The molecule has 1 unspecified atom stereocenters. The van der Waals surface area contributed by atoms with Crippen LogP contribution in [0.2, 0.25) is 0 Å². The zero-order chi connectivity index (χ0) is 14.7. The lowest BCUT2D eigenvalue weighted by atomic mass is 10.4. The second-order valence-electron chi connectivity index (χ2n) is 3.95. The Labute approximate surface area is 114 Å². The van der Waals surface area contributed by atoms with Gasteiger partial charge < -0.3 is 24.2 Å². The van der Waals surface area contributed by atoms with Crippen molar-refractivity contribution in [1.82, 2.24) is 5.32 Å². The SMILES string of the molecule is CCOP(=O)(CCCOCC(C)NC(=O)O)OCC. The van der Waals surface area contributed by atoms with E-state index in [1.165, 1.54) is 0 Å². The number of hydrogen-bond donors (Lipinski definition) is 2. The first kappa shape index (κ1) is 18.4. The van der Waals surface area contributed by atoms with Crippen LogP contribution in [0.4, 0.5) is 4.79 Å². The number of rotatable bonds is 11. The highest BCUT2D eigenvalue weighted by Gasteiger charge is 2.22. The normalized spacial score (nSPS) is 13.2. The first-order chi connectivity index (χ1) is 8.93. The molecule has 0 aliphatic carbocycles. The Hall–Kier alpha value is -0.620. The van der Waals surface area contributed by atoms with E-state index in [9.17, 15) is 9.36 Å². The largest absolute Gasteiger partial charge is 0.465 e. The van der Waals surface area contributed by atoms with Gasteiger partial charge in [0, 0.05) is 6.61 Å². The van der Waals surface area contributed by atoms with Gasteiger partial charge in [0.2, 0.25) is 0 Å². The lowest BCUT2D eigenvalue weighted by Gasteiger charge is -2.17. The molecule has 0 aliphatic heterocycles. The summed E-state index contributed by atoms with van der Waals surface area (Å²) in [5.41, 5.74) is 0. The van der Waals surface area contributed by atoms with Gasteiger partial charge in [-0.05, 0) is 27.2 Å². The highest BCUT2D eigenvalue weighted by Crippen LogP contribution is 2.48. The number of ether oxygens (including phenoxy) is 1. The Bertz CT molecular complexity index is 289. The summed E-state index contributed by atoms with van der Waals surface area (Å²) in [5.74, 6) is 0. The molecule has 2 N–H and O–H groups in total. The van der Waals surface area contributed by atoms with Crippen molar-refractivity contribution in [3.8, 4) is 0 Å². The highest BCUT2D eigenvalue weighted by atomic mass is 31.2. The number of hydrogen-bond acceptors (Lipinski definition) is 5. The van der Waals surface area contributed by atoms with Crippen LogP contribution in [-0.2, 0) is 18.3 Å². The third-order valence-corrected chi connectivity index (χ3v) is 4.28. The van der Waals surface area contributed by atoms with Gasteiger partial charge in [-0.15, -0.1) is 0 Å². The number of carbonyl (C=O) groups is 1. The zero-order valence-electron chi connectivity index (χ0n) is 11.8. The van der Waals surface area contributed by atoms with E-state index in [1.807, 2.05) is 0 Å². The van der Waals surface area contributed by atoms with Crippen LogP contribution >= 0.6 is 7.60 Å². The number of nitrogens with one attached hydrogen (secondary N) is 1. The first-order valence-corrected chi connectivity index (χ1v) is 8.11. The molecule has 0 aromatic rings. The zero-order valence-corrected chi connectivity index (χ0v) is 12.7. The maximum atomic E-state index is 12.1. The molecule has 0 bridgehead atoms. The van der Waals surface area contributed by atoms with Crippen LogP contribution in [0.3, 0.4) is 0 Å². The van der Waals surface area contributed by atoms with Crippen LogP contribution in [0.15, 0.2) is 0 Å². The van der Waals surface area contributed by atoms with E-state index in [0.29, 0.717) is 32.4 Å². The molecular formula is C11H24NO6P. The molecule has 1 amide bonds. The predicted molar refractivity (Wildman–Crippen MR) is 71.8 cm³/mol. The predicted octanol–water partition coefficient (Wildman–Crippen LogP) is 2.32. The molecule has 0 aromatic heterocycles. The third-order valence-electron chi connectivity index (χ3n) is 2.11. The second kappa shape index (κ2) is 10.2. The Morgan fingerprint density at radius 1 is 1.32 bits per heavy atom. The van der Waals surface area contributed by atoms with Crippen LogP contribution in [-0.4, -0.2) is 49.8 Å². The van der Waals surface area contributed by atoms with Crippen LogP contribution in [0.1, 0.15) is 27.2 Å². The van der Waals surface area contributed by atoms with Crippen molar-refractivity contribution < 1.29 is 28.3 Å². The number of carboxylic acid groups (broad SMARTS) is 1. The molecule has 0 aliphatic rings. The lowest BCUT2D eigenvalue weighted by molar-refractivity contribution is 0.111. The third kappa shape index (κ3) is 9.90. The van der Waals surface area contributed by atoms with Crippen molar-refractivity contribution in [2.24, 2.45) is 0 Å². The summed E-state index contributed by atoms with van der Waals surface area (Å²) >= 11 is 0. The average Bonchev–Trinajstić information content (AvgIpc) is 2.28. The van der Waals surface area contributed by atoms with E-state index in [0.717, 1.165) is 0 Å². The Morgan fingerprint density at radius 3 is 2.37 bits per heavy atom. The summed E-state index contributed by atoms with van der Waals surface area (Å²) in [6.07, 6.45) is -0.236. The quantitative estimate of drug-likeness (QED) is 0.449. The van der Waals surface area contributed by atoms with Gasteiger partial charge in [0.15, 0.2) is 0 Å². The summed E-state index contributed by atoms with van der Waals surface area (Å²) in [6.45, 7) is 6.59. The van der Waals surface area contributed by atoms with Gasteiger partial charge in [-0.25, -0.2) is 4.79 Å². The monoisotopic (exact) mass is 297 g/mol. The Balaban J connectivity index is 3.77. The molecule has 8 heteroatoms. The van der Waals surface area contributed by atoms with Gasteiger partial charge in [0.25, 0.3) is 0 Å². The molecule has 0 rings (SSSR count). The van der Waals surface area contributed by atoms with E-state index in [2.05, 4.69) is 5.32 Å². The summed E-state index contributed by atoms with van der Waals surface area (Å²) in [6, 6.07) is -0.275. The molecule has 0 spiro atoms. The fourth-order valence-corrected chi connectivity index (χ4v) is 3.07. The van der Waals surface area contributed by atoms with Gasteiger partial charge in [-0.1, -0.05) is 0 Å². The van der Waals surface area contributed by atoms with Gasteiger partial charge in [-0.3, -0.25) is 4.57 Å². The van der Waals surface area contributed by atoms with Crippen LogP contribution < -0.4 is 5.32 Å². The standard InChI is InChI=1S/C11H24NO6P/c1-4-17-19(15,18-5-2)8-6-7-16-9-10(3)12-11(13)14/h10,12H,4-9H2,1-3H3,(H,13,14). The molecule has 19 heavy (non-hydrogen) atoms. The molecule has 0 aromatic carbocycles. The topological polar surface area (TPSA) is 94.1 Å². The number of amides is 1. The van der Waals surface area contributed by atoms with Crippen molar-refractivity contribution in [2.75, 3.05) is 32.6 Å². The van der Waals surface area contributed by atoms with E-state index in [-0.39, 0.29) is 12.6 Å². The van der Waals surface area contributed by atoms with Crippen LogP contribution in [0.25, 0.3) is 0 Å². The van der Waals surface area contributed by atoms with Crippen molar-refractivity contribution in [3.05, 3.63) is 0 Å². The second-order valence-corrected chi connectivity index (χ2v) is 6.13. The minimum absolute atomic E-state index is 0.275. The molecular weight excluding hydrogens is 273 g/mol. The molecule has 114 valence electrons. The first-order valence-electron chi connectivity index (χ1n) is 6.38. The van der Waals surface area contributed by atoms with Crippen molar-refractivity contribution >= 4 is 13.7 Å². The van der Waals surface area contributed by atoms with E-state index >= 15 is 0 Å². The highest BCUT2D eigenvalue weighted by molar-refractivity contribution is 7.53.